The first kappa shape index (κ1) is 12.2. The van der Waals surface area contributed by atoms with Gasteiger partial charge in [0.25, 0.3) is 0 Å². The normalized spacial score (nSPS) is 13.8. The second-order valence-corrected chi connectivity index (χ2v) is 4.06. The lowest BCUT2D eigenvalue weighted by atomic mass is 10.1. The van der Waals surface area contributed by atoms with Crippen molar-refractivity contribution in [3.8, 4) is 0 Å². The molecule has 0 heterocycles. The van der Waals surface area contributed by atoms with Crippen LogP contribution < -0.4 is 5.32 Å². The molecule has 0 aromatic rings. The summed E-state index contributed by atoms with van der Waals surface area (Å²) in [5, 5.41) is 3.44. The molecule has 0 aromatic carbocycles. The summed E-state index contributed by atoms with van der Waals surface area (Å²) < 4.78 is 0. The number of hydrogen-bond donors (Lipinski definition) is 1. The van der Waals surface area contributed by atoms with Gasteiger partial charge in [0.05, 0.1) is 0 Å². The van der Waals surface area contributed by atoms with E-state index in [0.29, 0.717) is 6.04 Å². The van der Waals surface area contributed by atoms with Crippen molar-refractivity contribution in [2.24, 2.45) is 5.92 Å². The molecule has 2 heteroatoms. The number of alkyl halides is 1. The fraction of sp³-hybridized carbons (Fsp3) is 1.00. The fourth-order valence-corrected chi connectivity index (χ4v) is 1.45. The van der Waals surface area contributed by atoms with Gasteiger partial charge in [0.1, 0.15) is 0 Å². The highest BCUT2D eigenvalue weighted by Gasteiger charge is 2.02. The van der Waals surface area contributed by atoms with Crippen LogP contribution in [0.25, 0.3) is 0 Å². The van der Waals surface area contributed by atoms with Crippen LogP contribution in [0.3, 0.4) is 0 Å². The average Bonchev–Trinajstić information content (AvgIpc) is 2.04. The first-order chi connectivity index (χ1) is 5.70. The summed E-state index contributed by atoms with van der Waals surface area (Å²) >= 11 is 5.75. The molecule has 1 unspecified atom stereocenters. The van der Waals surface area contributed by atoms with Gasteiger partial charge in [-0.05, 0) is 31.7 Å². The summed E-state index contributed by atoms with van der Waals surface area (Å²) in [4.78, 5) is 0. The van der Waals surface area contributed by atoms with Crippen LogP contribution >= 0.6 is 11.6 Å². The number of rotatable bonds is 7. The van der Waals surface area contributed by atoms with E-state index in [2.05, 4.69) is 26.1 Å². The minimum Gasteiger partial charge on any atom is -0.313 e. The Morgan fingerprint density at radius 1 is 1.33 bits per heavy atom. The van der Waals surface area contributed by atoms with Crippen molar-refractivity contribution in [3.05, 3.63) is 0 Å². The van der Waals surface area contributed by atoms with Crippen LogP contribution in [0.2, 0.25) is 0 Å². The molecule has 0 spiro atoms. The highest BCUT2D eigenvalue weighted by Crippen LogP contribution is 2.02. The lowest BCUT2D eigenvalue weighted by Gasteiger charge is -2.13. The molecule has 12 heavy (non-hydrogen) atoms. The summed E-state index contributed by atoms with van der Waals surface area (Å²) in [6.07, 6.45) is 3.71. The van der Waals surface area contributed by atoms with E-state index in [9.17, 15) is 0 Å². The smallest absolute Gasteiger partial charge is 0.0377 e. The lowest BCUT2D eigenvalue weighted by molar-refractivity contribution is 0.484. The molecule has 1 N–H and O–H groups in total. The lowest BCUT2D eigenvalue weighted by Crippen LogP contribution is -2.30. The minimum atomic E-state index is 0.513. The van der Waals surface area contributed by atoms with E-state index in [1.807, 2.05) is 0 Å². The summed E-state index contributed by atoms with van der Waals surface area (Å²) in [7, 11) is 0. The summed E-state index contributed by atoms with van der Waals surface area (Å²) in [6, 6.07) is 0.513. The fourth-order valence-electron chi connectivity index (χ4n) is 1.12. The van der Waals surface area contributed by atoms with Gasteiger partial charge in [0.15, 0.2) is 0 Å². The molecule has 0 amide bonds. The van der Waals surface area contributed by atoms with E-state index in [1.165, 1.54) is 12.8 Å². The average molecular weight is 192 g/mol. The predicted molar refractivity (Wildman–Crippen MR) is 56.9 cm³/mol. The molecule has 0 saturated heterocycles. The van der Waals surface area contributed by atoms with Crippen LogP contribution in [-0.2, 0) is 0 Å². The van der Waals surface area contributed by atoms with Gasteiger partial charge in [0, 0.05) is 11.9 Å². The Labute approximate surface area is 81.9 Å². The van der Waals surface area contributed by atoms with Crippen molar-refractivity contribution < 1.29 is 0 Å². The van der Waals surface area contributed by atoms with Gasteiger partial charge < -0.3 is 5.32 Å². The van der Waals surface area contributed by atoms with Gasteiger partial charge in [-0.1, -0.05) is 20.8 Å². The Morgan fingerprint density at radius 2 is 2.00 bits per heavy atom. The number of halogens is 1. The van der Waals surface area contributed by atoms with E-state index >= 15 is 0 Å². The van der Waals surface area contributed by atoms with Crippen molar-refractivity contribution in [2.45, 2.75) is 46.1 Å². The molecule has 0 aliphatic heterocycles. The molecule has 0 aliphatic rings. The van der Waals surface area contributed by atoms with E-state index in [-0.39, 0.29) is 0 Å². The van der Waals surface area contributed by atoms with Crippen molar-refractivity contribution in [3.63, 3.8) is 0 Å². The van der Waals surface area contributed by atoms with Crippen LogP contribution in [0.5, 0.6) is 0 Å². The summed E-state index contributed by atoms with van der Waals surface area (Å²) in [5.74, 6) is 1.56. The van der Waals surface area contributed by atoms with Crippen molar-refractivity contribution in [2.75, 3.05) is 12.4 Å². The molecule has 1 nitrogen and oxygen atoms in total. The van der Waals surface area contributed by atoms with Crippen LogP contribution in [0.4, 0.5) is 0 Å². The quantitative estimate of drug-likeness (QED) is 0.482. The Morgan fingerprint density at radius 3 is 2.42 bits per heavy atom. The molecule has 0 aliphatic carbocycles. The minimum absolute atomic E-state index is 0.513. The molecule has 74 valence electrons. The molecule has 0 saturated carbocycles. The predicted octanol–water partition coefficient (Wildman–Crippen LogP) is 3.03. The Hall–Kier alpha value is 0.250. The second kappa shape index (κ2) is 7.88. The molecular weight excluding hydrogens is 170 g/mol. The molecule has 1 atom stereocenters. The zero-order chi connectivity index (χ0) is 9.40. The van der Waals surface area contributed by atoms with Crippen LogP contribution in [0, 0.1) is 5.92 Å². The summed E-state index contributed by atoms with van der Waals surface area (Å²) in [5.41, 5.74) is 0. The molecule has 0 radical (unpaired) electrons. The third-order valence-electron chi connectivity index (χ3n) is 2.07. The maximum absolute atomic E-state index is 5.75. The van der Waals surface area contributed by atoms with E-state index < -0.39 is 0 Å². The molecular formula is C10H22ClN. The third kappa shape index (κ3) is 6.93. The number of nitrogens with one attached hydrogen (secondary N) is 1. The molecule has 0 bridgehead atoms. The monoisotopic (exact) mass is 191 g/mol. The zero-order valence-electron chi connectivity index (χ0n) is 8.57. The molecule has 0 fully saturated rings. The molecule has 0 aromatic heterocycles. The van der Waals surface area contributed by atoms with Gasteiger partial charge in [-0.2, -0.15) is 0 Å². The molecule has 0 rings (SSSR count). The third-order valence-corrected chi connectivity index (χ3v) is 2.44. The van der Waals surface area contributed by atoms with Crippen LogP contribution in [0.15, 0.2) is 0 Å². The SMILES string of the molecule is CCC(CCl)NCCCC(C)C. The van der Waals surface area contributed by atoms with E-state index in [4.69, 9.17) is 11.6 Å². The second-order valence-electron chi connectivity index (χ2n) is 3.75. The Kier molecular flexibility index (Phi) is 8.04. The van der Waals surface area contributed by atoms with Crippen molar-refractivity contribution in [1.82, 2.24) is 5.32 Å². The first-order valence-corrected chi connectivity index (χ1v) is 5.53. The number of hydrogen-bond acceptors (Lipinski definition) is 1. The summed E-state index contributed by atoms with van der Waals surface area (Å²) in [6.45, 7) is 7.81. The Bertz CT molecular complexity index is 89.8. The van der Waals surface area contributed by atoms with E-state index in [1.54, 1.807) is 0 Å². The van der Waals surface area contributed by atoms with Gasteiger partial charge in [-0.25, -0.2) is 0 Å². The maximum Gasteiger partial charge on any atom is 0.0377 e. The van der Waals surface area contributed by atoms with Crippen molar-refractivity contribution >= 4 is 11.6 Å². The highest BCUT2D eigenvalue weighted by atomic mass is 35.5. The first-order valence-electron chi connectivity index (χ1n) is 5.00. The standard InChI is InChI=1S/C10H22ClN/c1-4-10(8-11)12-7-5-6-9(2)3/h9-10,12H,4-8H2,1-3H3. The largest absolute Gasteiger partial charge is 0.313 e. The van der Waals surface area contributed by atoms with Gasteiger partial charge in [-0.15, -0.1) is 11.6 Å². The highest BCUT2D eigenvalue weighted by molar-refractivity contribution is 6.18. The maximum atomic E-state index is 5.75. The topological polar surface area (TPSA) is 12.0 Å². The van der Waals surface area contributed by atoms with Gasteiger partial charge >= 0.3 is 0 Å². The van der Waals surface area contributed by atoms with Crippen molar-refractivity contribution in [1.29, 1.82) is 0 Å². The van der Waals surface area contributed by atoms with E-state index in [0.717, 1.165) is 24.8 Å². The van der Waals surface area contributed by atoms with Crippen LogP contribution in [-0.4, -0.2) is 18.5 Å². The Balaban J connectivity index is 3.17. The van der Waals surface area contributed by atoms with Gasteiger partial charge in [0.2, 0.25) is 0 Å². The zero-order valence-corrected chi connectivity index (χ0v) is 9.32. The van der Waals surface area contributed by atoms with Gasteiger partial charge in [-0.3, -0.25) is 0 Å². The van der Waals surface area contributed by atoms with Crippen LogP contribution in [0.1, 0.15) is 40.0 Å².